The number of carbonyl (C=O) groups excluding carboxylic acids is 1. The van der Waals surface area contributed by atoms with Crippen molar-refractivity contribution >= 4 is 11.6 Å². The van der Waals surface area contributed by atoms with Crippen molar-refractivity contribution < 1.29 is 9.18 Å². The molecule has 1 aromatic heterocycles. The third kappa shape index (κ3) is 4.22. The molecular formula is C23H25FN4O. The summed E-state index contributed by atoms with van der Waals surface area (Å²) in [5, 5.41) is 3.06. The summed E-state index contributed by atoms with van der Waals surface area (Å²) in [7, 11) is 2.00. The van der Waals surface area contributed by atoms with Gasteiger partial charge in [0.05, 0.1) is 11.7 Å². The molecule has 1 aliphatic heterocycles. The smallest absolute Gasteiger partial charge is 0.241 e. The summed E-state index contributed by atoms with van der Waals surface area (Å²) < 4.78 is 15.2. The molecule has 1 N–H and O–H groups in total. The number of halogens is 1. The summed E-state index contributed by atoms with van der Waals surface area (Å²) in [6.45, 7) is 3.59. The van der Waals surface area contributed by atoms with E-state index in [2.05, 4.69) is 19.8 Å². The summed E-state index contributed by atoms with van der Waals surface area (Å²) >= 11 is 0. The number of hydrogen-bond donors (Lipinski definition) is 1. The number of rotatable bonds is 5. The first-order valence-electron chi connectivity index (χ1n) is 9.89. The Hall–Kier alpha value is -2.99. The van der Waals surface area contributed by atoms with Crippen molar-refractivity contribution in [3.63, 3.8) is 0 Å². The second kappa shape index (κ2) is 8.17. The largest absolute Gasteiger partial charge is 0.334 e. The predicted octanol–water partition coefficient (Wildman–Crippen LogP) is 4.14. The van der Waals surface area contributed by atoms with Crippen molar-refractivity contribution in [2.24, 2.45) is 7.05 Å². The van der Waals surface area contributed by atoms with E-state index in [1.165, 1.54) is 12.1 Å². The SMILES string of the molecule is Cc1ncc(CN2CCC[C@@H]2C(=O)Nc2cccc(-c3ccc(F)cc3)c2)n1C. The van der Waals surface area contributed by atoms with Crippen LogP contribution in [0.25, 0.3) is 11.1 Å². The predicted molar refractivity (Wildman–Crippen MR) is 112 cm³/mol. The number of nitrogens with zero attached hydrogens (tertiary/aromatic N) is 3. The number of benzene rings is 2. The van der Waals surface area contributed by atoms with Gasteiger partial charge in [0.2, 0.25) is 5.91 Å². The van der Waals surface area contributed by atoms with E-state index in [9.17, 15) is 9.18 Å². The minimum atomic E-state index is -0.261. The van der Waals surface area contributed by atoms with Gasteiger partial charge in [0, 0.05) is 25.5 Å². The maximum Gasteiger partial charge on any atom is 0.241 e. The van der Waals surface area contributed by atoms with Crippen LogP contribution in [0, 0.1) is 12.7 Å². The van der Waals surface area contributed by atoms with Crippen LogP contribution >= 0.6 is 0 Å². The fraction of sp³-hybridized carbons (Fsp3) is 0.304. The second-order valence-electron chi connectivity index (χ2n) is 7.56. The maximum absolute atomic E-state index is 13.2. The molecule has 0 saturated carbocycles. The van der Waals surface area contributed by atoms with E-state index in [-0.39, 0.29) is 17.8 Å². The molecule has 2 aromatic carbocycles. The lowest BCUT2D eigenvalue weighted by Crippen LogP contribution is -2.39. The molecule has 1 amide bonds. The molecule has 5 nitrogen and oxygen atoms in total. The van der Waals surface area contributed by atoms with Crippen LogP contribution in [0.3, 0.4) is 0 Å². The number of aromatic nitrogens is 2. The van der Waals surface area contributed by atoms with Crippen LogP contribution in [0.1, 0.15) is 24.4 Å². The van der Waals surface area contributed by atoms with E-state index < -0.39 is 0 Å². The number of nitrogens with one attached hydrogen (secondary N) is 1. The van der Waals surface area contributed by atoms with Gasteiger partial charge in [0.1, 0.15) is 11.6 Å². The average Bonchev–Trinajstić information content (AvgIpc) is 3.31. The number of imidazole rings is 1. The van der Waals surface area contributed by atoms with Crippen LogP contribution in [0.4, 0.5) is 10.1 Å². The minimum Gasteiger partial charge on any atom is -0.334 e. The van der Waals surface area contributed by atoms with E-state index in [1.807, 2.05) is 44.4 Å². The normalized spacial score (nSPS) is 16.9. The van der Waals surface area contributed by atoms with Crippen LogP contribution < -0.4 is 5.32 Å². The van der Waals surface area contributed by atoms with Crippen LogP contribution in [-0.4, -0.2) is 32.9 Å². The first-order valence-corrected chi connectivity index (χ1v) is 9.89. The molecule has 1 atom stereocenters. The Morgan fingerprint density at radius 1 is 1.21 bits per heavy atom. The lowest BCUT2D eigenvalue weighted by atomic mass is 10.0. The van der Waals surface area contributed by atoms with E-state index in [0.29, 0.717) is 6.54 Å². The van der Waals surface area contributed by atoms with E-state index in [1.54, 1.807) is 12.1 Å². The first-order chi connectivity index (χ1) is 14.0. The molecule has 0 radical (unpaired) electrons. The molecule has 4 rings (SSSR count). The molecule has 1 fully saturated rings. The summed E-state index contributed by atoms with van der Waals surface area (Å²) in [6, 6.07) is 13.9. The molecule has 1 saturated heterocycles. The molecule has 0 aliphatic carbocycles. The highest BCUT2D eigenvalue weighted by molar-refractivity contribution is 5.95. The molecule has 29 heavy (non-hydrogen) atoms. The zero-order valence-electron chi connectivity index (χ0n) is 16.7. The molecule has 6 heteroatoms. The number of amides is 1. The molecular weight excluding hydrogens is 367 g/mol. The van der Waals surface area contributed by atoms with Crippen LogP contribution in [-0.2, 0) is 18.4 Å². The number of aryl methyl sites for hydroxylation is 1. The lowest BCUT2D eigenvalue weighted by molar-refractivity contribution is -0.120. The standard InChI is InChI=1S/C23H25FN4O/c1-16-25-14-21(27(16)2)15-28-12-4-7-22(28)23(29)26-20-6-3-5-18(13-20)17-8-10-19(24)11-9-17/h3,5-6,8-11,13-14,22H,4,7,12,15H2,1-2H3,(H,26,29)/t22-/m1/s1. The number of anilines is 1. The highest BCUT2D eigenvalue weighted by Crippen LogP contribution is 2.25. The molecule has 0 unspecified atom stereocenters. The second-order valence-corrected chi connectivity index (χ2v) is 7.56. The zero-order valence-corrected chi connectivity index (χ0v) is 16.7. The highest BCUT2D eigenvalue weighted by atomic mass is 19.1. The summed E-state index contributed by atoms with van der Waals surface area (Å²) in [4.78, 5) is 19.5. The van der Waals surface area contributed by atoms with Crippen molar-refractivity contribution in [2.75, 3.05) is 11.9 Å². The average molecular weight is 392 g/mol. The third-order valence-electron chi connectivity index (χ3n) is 5.66. The summed E-state index contributed by atoms with van der Waals surface area (Å²) in [5.41, 5.74) is 3.72. The minimum absolute atomic E-state index is 0.0117. The number of carbonyl (C=O) groups is 1. The van der Waals surface area contributed by atoms with Gasteiger partial charge in [-0.2, -0.15) is 0 Å². The molecule has 150 valence electrons. The van der Waals surface area contributed by atoms with Crippen LogP contribution in [0.2, 0.25) is 0 Å². The van der Waals surface area contributed by atoms with E-state index >= 15 is 0 Å². The van der Waals surface area contributed by atoms with Gasteiger partial charge in [0.25, 0.3) is 0 Å². The Bertz CT molecular complexity index is 1010. The topological polar surface area (TPSA) is 50.2 Å². The van der Waals surface area contributed by atoms with Gasteiger partial charge in [0.15, 0.2) is 0 Å². The van der Waals surface area contributed by atoms with Gasteiger partial charge in [-0.05, 0) is 61.7 Å². The Kier molecular flexibility index (Phi) is 5.45. The Morgan fingerprint density at radius 2 is 2.00 bits per heavy atom. The van der Waals surface area contributed by atoms with E-state index in [4.69, 9.17) is 0 Å². The fourth-order valence-electron chi connectivity index (χ4n) is 3.86. The molecule has 3 aromatic rings. The van der Waals surface area contributed by atoms with Gasteiger partial charge in [-0.1, -0.05) is 24.3 Å². The maximum atomic E-state index is 13.2. The monoisotopic (exact) mass is 392 g/mol. The highest BCUT2D eigenvalue weighted by Gasteiger charge is 2.31. The third-order valence-corrected chi connectivity index (χ3v) is 5.66. The van der Waals surface area contributed by atoms with Crippen molar-refractivity contribution in [1.29, 1.82) is 0 Å². The Morgan fingerprint density at radius 3 is 2.72 bits per heavy atom. The van der Waals surface area contributed by atoms with Gasteiger partial charge >= 0.3 is 0 Å². The number of hydrogen-bond acceptors (Lipinski definition) is 3. The van der Waals surface area contributed by atoms with Crippen molar-refractivity contribution in [2.45, 2.75) is 32.4 Å². The van der Waals surface area contributed by atoms with Gasteiger partial charge < -0.3 is 9.88 Å². The summed E-state index contributed by atoms with van der Waals surface area (Å²) in [6.07, 6.45) is 3.74. The van der Waals surface area contributed by atoms with Gasteiger partial charge in [-0.25, -0.2) is 9.37 Å². The van der Waals surface area contributed by atoms with Crippen molar-refractivity contribution in [1.82, 2.24) is 14.5 Å². The van der Waals surface area contributed by atoms with Gasteiger partial charge in [-0.15, -0.1) is 0 Å². The van der Waals surface area contributed by atoms with Crippen LogP contribution in [0.15, 0.2) is 54.7 Å². The van der Waals surface area contributed by atoms with Gasteiger partial charge in [-0.3, -0.25) is 9.69 Å². The number of likely N-dealkylation sites (tertiary alicyclic amines) is 1. The van der Waals surface area contributed by atoms with Crippen molar-refractivity contribution in [3.8, 4) is 11.1 Å². The van der Waals surface area contributed by atoms with E-state index in [0.717, 1.165) is 47.7 Å². The Balaban J connectivity index is 1.46. The molecule has 1 aliphatic rings. The lowest BCUT2D eigenvalue weighted by Gasteiger charge is -2.24. The molecule has 0 bridgehead atoms. The zero-order chi connectivity index (χ0) is 20.4. The Labute approximate surface area is 170 Å². The molecule has 2 heterocycles. The fourth-order valence-corrected chi connectivity index (χ4v) is 3.86. The summed E-state index contributed by atoms with van der Waals surface area (Å²) in [5.74, 6) is 0.721. The first kappa shape index (κ1) is 19.3. The van der Waals surface area contributed by atoms with Crippen molar-refractivity contribution in [3.05, 3.63) is 72.1 Å². The quantitative estimate of drug-likeness (QED) is 0.710. The molecule has 0 spiro atoms. The van der Waals surface area contributed by atoms with Crippen LogP contribution in [0.5, 0.6) is 0 Å².